The van der Waals surface area contributed by atoms with Crippen LogP contribution in [-0.4, -0.2) is 26.4 Å². The zero-order chi connectivity index (χ0) is 15.0. The maximum absolute atomic E-state index is 9.55. The largest absolute Gasteiger partial charge is 0.504 e. The molecular weight excluding hydrogens is 270 g/mol. The zero-order valence-electron chi connectivity index (χ0n) is 11.9. The summed E-state index contributed by atoms with van der Waals surface area (Å²) in [6.45, 7) is 2.06. The molecule has 1 aliphatic carbocycles. The molecule has 0 aliphatic heterocycles. The topological polar surface area (TPSA) is 105 Å². The monoisotopic (exact) mass is 289 g/mol. The van der Waals surface area contributed by atoms with Gasteiger partial charge in [-0.3, -0.25) is 0 Å². The van der Waals surface area contributed by atoms with Gasteiger partial charge in [0.1, 0.15) is 0 Å². The van der Waals surface area contributed by atoms with E-state index in [0.29, 0.717) is 17.3 Å². The standard InChI is InChI=1S/C15H19N3O3/c1-15(7-3-2-4-12(15)16)14-17-13(18-21-14)9-5-6-10(19)11(20)8-9/h5-6,8,12,19-20H,2-4,7,16H2,1H3. The first-order valence-corrected chi connectivity index (χ1v) is 7.13. The molecule has 112 valence electrons. The third kappa shape index (κ3) is 2.35. The van der Waals surface area contributed by atoms with E-state index in [9.17, 15) is 10.2 Å². The molecule has 6 nitrogen and oxygen atoms in total. The minimum absolute atomic E-state index is 0.00719. The van der Waals surface area contributed by atoms with Crippen LogP contribution in [0.3, 0.4) is 0 Å². The lowest BCUT2D eigenvalue weighted by Crippen LogP contribution is -2.45. The molecule has 6 heteroatoms. The van der Waals surface area contributed by atoms with E-state index in [1.165, 1.54) is 12.1 Å². The van der Waals surface area contributed by atoms with Gasteiger partial charge < -0.3 is 20.5 Å². The molecule has 0 spiro atoms. The van der Waals surface area contributed by atoms with E-state index < -0.39 is 0 Å². The molecule has 1 heterocycles. The van der Waals surface area contributed by atoms with Crippen LogP contribution in [0.25, 0.3) is 11.4 Å². The fraction of sp³-hybridized carbons (Fsp3) is 0.467. The lowest BCUT2D eigenvalue weighted by Gasteiger charge is -2.35. The van der Waals surface area contributed by atoms with Crippen LogP contribution in [0.5, 0.6) is 11.5 Å². The molecule has 0 radical (unpaired) electrons. The maximum atomic E-state index is 9.55. The van der Waals surface area contributed by atoms with Gasteiger partial charge in [-0.1, -0.05) is 18.0 Å². The van der Waals surface area contributed by atoms with Crippen LogP contribution >= 0.6 is 0 Å². The molecule has 1 aromatic carbocycles. The van der Waals surface area contributed by atoms with Crippen LogP contribution in [0.4, 0.5) is 0 Å². The van der Waals surface area contributed by atoms with Gasteiger partial charge >= 0.3 is 0 Å². The van der Waals surface area contributed by atoms with Crippen molar-refractivity contribution in [1.29, 1.82) is 0 Å². The highest BCUT2D eigenvalue weighted by Gasteiger charge is 2.40. The van der Waals surface area contributed by atoms with Crippen molar-refractivity contribution in [1.82, 2.24) is 10.1 Å². The van der Waals surface area contributed by atoms with Crippen LogP contribution < -0.4 is 5.73 Å². The highest BCUT2D eigenvalue weighted by Crippen LogP contribution is 2.38. The van der Waals surface area contributed by atoms with Gasteiger partial charge in [-0.25, -0.2) is 0 Å². The van der Waals surface area contributed by atoms with Gasteiger partial charge in [0.05, 0.1) is 5.41 Å². The second-order valence-electron chi connectivity index (χ2n) is 5.90. The van der Waals surface area contributed by atoms with Crippen LogP contribution in [0.2, 0.25) is 0 Å². The fourth-order valence-corrected chi connectivity index (χ4v) is 2.86. The molecule has 3 rings (SSSR count). The van der Waals surface area contributed by atoms with Crippen molar-refractivity contribution in [3.63, 3.8) is 0 Å². The molecule has 2 atom stereocenters. The van der Waals surface area contributed by atoms with Crippen molar-refractivity contribution >= 4 is 0 Å². The minimum Gasteiger partial charge on any atom is -0.504 e. The van der Waals surface area contributed by atoms with Gasteiger partial charge in [0.15, 0.2) is 11.5 Å². The molecule has 0 saturated heterocycles. The summed E-state index contributed by atoms with van der Waals surface area (Å²) in [6.07, 6.45) is 4.11. The second kappa shape index (κ2) is 5.04. The highest BCUT2D eigenvalue weighted by atomic mass is 16.5. The fourth-order valence-electron chi connectivity index (χ4n) is 2.86. The molecule has 0 amide bonds. The van der Waals surface area contributed by atoms with Crippen LogP contribution in [0.1, 0.15) is 38.5 Å². The van der Waals surface area contributed by atoms with E-state index in [4.69, 9.17) is 10.3 Å². The number of hydrogen-bond donors (Lipinski definition) is 3. The van der Waals surface area contributed by atoms with E-state index in [-0.39, 0.29) is 23.0 Å². The maximum Gasteiger partial charge on any atom is 0.234 e. The number of hydrogen-bond acceptors (Lipinski definition) is 6. The van der Waals surface area contributed by atoms with Gasteiger partial charge in [0, 0.05) is 11.6 Å². The first-order chi connectivity index (χ1) is 10.0. The average Bonchev–Trinajstić information content (AvgIpc) is 2.95. The lowest BCUT2D eigenvalue weighted by molar-refractivity contribution is 0.203. The number of nitrogens with two attached hydrogens (primary N) is 1. The summed E-state index contributed by atoms with van der Waals surface area (Å²) in [4.78, 5) is 4.45. The Balaban J connectivity index is 1.94. The molecule has 2 aromatic rings. The minimum atomic E-state index is -0.303. The third-order valence-corrected chi connectivity index (χ3v) is 4.43. The molecule has 1 saturated carbocycles. The van der Waals surface area contributed by atoms with Crippen molar-refractivity contribution in [3.8, 4) is 22.9 Å². The Morgan fingerprint density at radius 3 is 2.81 bits per heavy atom. The van der Waals surface area contributed by atoms with E-state index in [0.717, 1.165) is 25.7 Å². The van der Waals surface area contributed by atoms with E-state index >= 15 is 0 Å². The molecule has 0 bridgehead atoms. The van der Waals surface area contributed by atoms with Crippen LogP contribution in [0, 0.1) is 0 Å². The number of aromatic hydroxyl groups is 2. The Morgan fingerprint density at radius 1 is 1.29 bits per heavy atom. The quantitative estimate of drug-likeness (QED) is 0.733. The van der Waals surface area contributed by atoms with Crippen molar-refractivity contribution in [2.45, 2.75) is 44.1 Å². The van der Waals surface area contributed by atoms with Gasteiger partial charge in [0.25, 0.3) is 0 Å². The second-order valence-corrected chi connectivity index (χ2v) is 5.90. The first-order valence-electron chi connectivity index (χ1n) is 7.13. The summed E-state index contributed by atoms with van der Waals surface area (Å²) >= 11 is 0. The number of aromatic nitrogens is 2. The van der Waals surface area contributed by atoms with Crippen molar-refractivity contribution in [2.75, 3.05) is 0 Å². The lowest BCUT2D eigenvalue weighted by atomic mass is 9.72. The number of benzene rings is 1. The number of nitrogens with zero attached hydrogens (tertiary/aromatic N) is 2. The summed E-state index contributed by atoms with van der Waals surface area (Å²) in [5, 5.41) is 22.9. The Bertz CT molecular complexity index is 655. The van der Waals surface area contributed by atoms with Gasteiger partial charge in [-0.05, 0) is 38.0 Å². The third-order valence-electron chi connectivity index (χ3n) is 4.43. The Morgan fingerprint density at radius 2 is 2.10 bits per heavy atom. The molecular formula is C15H19N3O3. The van der Waals surface area contributed by atoms with E-state index in [1.54, 1.807) is 6.07 Å². The average molecular weight is 289 g/mol. The molecule has 1 aliphatic rings. The number of phenols is 2. The van der Waals surface area contributed by atoms with E-state index in [2.05, 4.69) is 17.1 Å². The van der Waals surface area contributed by atoms with Gasteiger partial charge in [-0.15, -0.1) is 0 Å². The number of rotatable bonds is 2. The van der Waals surface area contributed by atoms with Gasteiger partial charge in [0.2, 0.25) is 11.7 Å². The summed E-state index contributed by atoms with van der Waals surface area (Å²) < 4.78 is 5.42. The van der Waals surface area contributed by atoms with Gasteiger partial charge in [-0.2, -0.15) is 4.98 Å². The molecule has 21 heavy (non-hydrogen) atoms. The first kappa shape index (κ1) is 13.9. The van der Waals surface area contributed by atoms with Crippen LogP contribution in [-0.2, 0) is 5.41 Å². The van der Waals surface area contributed by atoms with Crippen molar-refractivity contribution in [3.05, 3.63) is 24.1 Å². The van der Waals surface area contributed by atoms with Crippen LogP contribution in [0.15, 0.2) is 22.7 Å². The summed E-state index contributed by atoms with van der Waals surface area (Å²) in [7, 11) is 0. The molecule has 2 unspecified atom stereocenters. The normalized spacial score (nSPS) is 25.9. The predicted octanol–water partition coefficient (Wildman–Crippen LogP) is 2.31. The zero-order valence-corrected chi connectivity index (χ0v) is 11.9. The van der Waals surface area contributed by atoms with Crippen molar-refractivity contribution in [2.24, 2.45) is 5.73 Å². The van der Waals surface area contributed by atoms with E-state index in [1.807, 2.05) is 0 Å². The summed E-state index contributed by atoms with van der Waals surface area (Å²) in [5.74, 6) is 0.541. The Labute approximate surface area is 122 Å². The summed E-state index contributed by atoms with van der Waals surface area (Å²) in [6, 6.07) is 4.45. The molecule has 4 N–H and O–H groups in total. The highest BCUT2D eigenvalue weighted by molar-refractivity contribution is 5.60. The SMILES string of the molecule is CC1(c2nc(-c3ccc(O)c(O)c3)no2)CCCCC1N. The molecule has 1 fully saturated rings. The Hall–Kier alpha value is -2.08. The molecule has 1 aromatic heterocycles. The van der Waals surface area contributed by atoms with Crippen molar-refractivity contribution < 1.29 is 14.7 Å². The number of phenolic OH excluding ortho intramolecular Hbond substituents is 2. The predicted molar refractivity (Wildman–Crippen MR) is 76.9 cm³/mol. The smallest absolute Gasteiger partial charge is 0.234 e. The Kier molecular flexibility index (Phi) is 3.33. The summed E-state index contributed by atoms with van der Waals surface area (Å²) in [5.41, 5.74) is 6.52.